The van der Waals surface area contributed by atoms with Crippen LogP contribution in [0.1, 0.15) is 95.6 Å². The summed E-state index contributed by atoms with van der Waals surface area (Å²) in [6.45, 7) is 7.38. The molecular formula is C36H37N3O6. The molecule has 2 fully saturated rings. The van der Waals surface area contributed by atoms with Crippen LogP contribution in [0, 0.1) is 0 Å². The largest absolute Gasteiger partial charge is 0.493 e. The van der Waals surface area contributed by atoms with Gasteiger partial charge in [0, 0.05) is 72.3 Å². The number of ketones is 1. The van der Waals surface area contributed by atoms with Gasteiger partial charge in [0.25, 0.3) is 5.91 Å². The number of likely N-dealkylation sites (tertiary alicyclic amines) is 1. The molecule has 0 bridgehead atoms. The van der Waals surface area contributed by atoms with E-state index in [0.717, 1.165) is 29.3 Å². The number of hydrogen-bond donors (Lipinski definition) is 1. The molecule has 0 unspecified atom stereocenters. The molecular weight excluding hydrogens is 570 g/mol. The summed E-state index contributed by atoms with van der Waals surface area (Å²) in [5, 5.41) is 11.3. The number of rotatable bonds is 6. The van der Waals surface area contributed by atoms with Gasteiger partial charge in [-0.15, -0.1) is 0 Å². The van der Waals surface area contributed by atoms with E-state index in [-0.39, 0.29) is 23.7 Å². The maximum Gasteiger partial charge on any atom is 0.337 e. The number of hydrogen-bond acceptors (Lipinski definition) is 7. The summed E-state index contributed by atoms with van der Waals surface area (Å²) in [5.74, 6) is 0.495. The SMILES string of the molecule is CC.CCOc1cc(C(=O)N2CCC3(CC2)CC(=O)c2cc(-c4cncc(C(=O)O)c4)ccc2O3)cc2c(C3CC3)nccc12. The molecule has 4 aromatic rings. The van der Waals surface area contributed by atoms with Gasteiger partial charge in [-0.1, -0.05) is 19.9 Å². The minimum Gasteiger partial charge on any atom is -0.493 e. The van der Waals surface area contributed by atoms with Crippen LogP contribution in [0.2, 0.25) is 0 Å². The van der Waals surface area contributed by atoms with Crippen LogP contribution in [0.15, 0.2) is 61.1 Å². The number of piperidine rings is 1. The van der Waals surface area contributed by atoms with Crippen molar-refractivity contribution in [2.24, 2.45) is 0 Å². The zero-order chi connectivity index (χ0) is 31.7. The third-order valence-corrected chi connectivity index (χ3v) is 8.75. The molecule has 1 aliphatic carbocycles. The Labute approximate surface area is 262 Å². The number of fused-ring (bicyclic) bond motifs is 2. The van der Waals surface area contributed by atoms with E-state index in [1.165, 1.54) is 12.3 Å². The van der Waals surface area contributed by atoms with E-state index < -0.39 is 11.6 Å². The Kier molecular flexibility index (Phi) is 8.27. The Balaban J connectivity index is 0.00000175. The van der Waals surface area contributed by atoms with Crippen molar-refractivity contribution >= 4 is 28.4 Å². The van der Waals surface area contributed by atoms with Crippen LogP contribution in [0.5, 0.6) is 11.5 Å². The number of carbonyl (C=O) groups is 3. The van der Waals surface area contributed by atoms with Gasteiger partial charge in [0.15, 0.2) is 5.78 Å². The summed E-state index contributed by atoms with van der Waals surface area (Å²) >= 11 is 0. The molecule has 9 heteroatoms. The Morgan fingerprint density at radius 3 is 2.49 bits per heavy atom. The first-order valence-electron chi connectivity index (χ1n) is 15.7. The summed E-state index contributed by atoms with van der Waals surface area (Å²) in [5.41, 5.74) is 2.82. The number of aromatic carboxylic acids is 1. The maximum atomic E-state index is 13.8. The normalized spacial score (nSPS) is 16.8. The van der Waals surface area contributed by atoms with E-state index in [4.69, 9.17) is 9.47 Å². The van der Waals surface area contributed by atoms with Crippen molar-refractivity contribution in [2.45, 2.75) is 64.4 Å². The maximum absolute atomic E-state index is 13.8. The molecule has 3 aliphatic rings. The van der Waals surface area contributed by atoms with Crippen LogP contribution < -0.4 is 9.47 Å². The minimum absolute atomic E-state index is 0.0267. The van der Waals surface area contributed by atoms with E-state index in [1.54, 1.807) is 18.3 Å². The Morgan fingerprint density at radius 2 is 1.78 bits per heavy atom. The quantitative estimate of drug-likeness (QED) is 0.250. The molecule has 1 spiro atoms. The van der Waals surface area contributed by atoms with Crippen molar-refractivity contribution in [3.05, 3.63) is 83.4 Å². The van der Waals surface area contributed by atoms with E-state index in [2.05, 4.69) is 9.97 Å². The van der Waals surface area contributed by atoms with Crippen LogP contribution in [0.25, 0.3) is 21.9 Å². The number of carboxylic acid groups (broad SMARTS) is 1. The highest BCUT2D eigenvalue weighted by atomic mass is 16.5. The molecule has 1 N–H and O–H groups in total. The fraction of sp³-hybridized carbons (Fsp3) is 0.361. The highest BCUT2D eigenvalue weighted by Crippen LogP contribution is 2.44. The van der Waals surface area contributed by atoms with E-state index >= 15 is 0 Å². The number of ether oxygens (including phenoxy) is 2. The molecule has 2 aromatic heterocycles. The molecule has 2 aliphatic heterocycles. The summed E-state index contributed by atoms with van der Waals surface area (Å²) < 4.78 is 12.4. The molecule has 4 heterocycles. The van der Waals surface area contributed by atoms with Gasteiger partial charge in [-0.05, 0) is 61.7 Å². The summed E-state index contributed by atoms with van der Waals surface area (Å²) in [7, 11) is 0. The lowest BCUT2D eigenvalue weighted by Gasteiger charge is -2.44. The fourth-order valence-corrected chi connectivity index (χ4v) is 6.32. The third kappa shape index (κ3) is 5.87. The molecule has 7 rings (SSSR count). The van der Waals surface area contributed by atoms with Crippen LogP contribution in [0.4, 0.5) is 0 Å². The number of carboxylic acids is 1. The van der Waals surface area contributed by atoms with Crippen molar-refractivity contribution in [1.82, 2.24) is 14.9 Å². The fourth-order valence-electron chi connectivity index (χ4n) is 6.32. The number of carbonyl (C=O) groups excluding carboxylic acids is 2. The highest BCUT2D eigenvalue weighted by Gasteiger charge is 2.44. The van der Waals surface area contributed by atoms with E-state index in [1.807, 2.05) is 56.1 Å². The zero-order valence-electron chi connectivity index (χ0n) is 25.8. The molecule has 9 nitrogen and oxygen atoms in total. The van der Waals surface area contributed by atoms with Crippen molar-refractivity contribution in [1.29, 1.82) is 0 Å². The van der Waals surface area contributed by atoms with Gasteiger partial charge in [-0.3, -0.25) is 19.6 Å². The molecule has 0 atom stereocenters. The zero-order valence-corrected chi connectivity index (χ0v) is 25.8. The first-order valence-corrected chi connectivity index (χ1v) is 15.7. The van der Waals surface area contributed by atoms with Gasteiger partial charge in [-0.2, -0.15) is 0 Å². The first kappa shape index (κ1) is 30.2. The lowest BCUT2D eigenvalue weighted by molar-refractivity contribution is -0.00572. The van der Waals surface area contributed by atoms with Crippen LogP contribution in [-0.2, 0) is 0 Å². The molecule has 1 saturated carbocycles. The summed E-state index contributed by atoms with van der Waals surface area (Å²) in [6, 6.07) is 12.6. The standard InChI is InChI=1S/C34H31N3O6.C2H6/c1-2-42-30-16-22(15-26-25(30)7-10-36-31(26)20-3-4-20)32(39)37-11-8-34(9-12-37)17-28(38)27-14-21(5-6-29(27)43-34)23-13-24(33(40)41)19-35-18-23;1-2/h5-7,10,13-16,18-20H,2-4,8-9,11-12,17H2,1H3,(H,40,41);1-2H3. The van der Waals surface area contributed by atoms with Gasteiger partial charge < -0.3 is 19.5 Å². The average Bonchev–Trinajstić information content (AvgIpc) is 3.91. The predicted octanol–water partition coefficient (Wildman–Crippen LogP) is 6.94. The number of Topliss-reactive ketones (excluding diaryl/α,β-unsaturated/α-hetero) is 1. The number of benzene rings is 2. The van der Waals surface area contributed by atoms with Crippen LogP contribution in [0.3, 0.4) is 0 Å². The number of nitrogens with zero attached hydrogens (tertiary/aromatic N) is 3. The third-order valence-electron chi connectivity index (χ3n) is 8.75. The number of aromatic nitrogens is 2. The van der Waals surface area contributed by atoms with Crippen LogP contribution >= 0.6 is 0 Å². The molecule has 0 radical (unpaired) electrons. The first-order chi connectivity index (χ1) is 21.8. The van der Waals surface area contributed by atoms with Crippen LogP contribution in [-0.4, -0.2) is 62.9 Å². The number of pyridine rings is 2. The second-order valence-electron chi connectivity index (χ2n) is 11.6. The van der Waals surface area contributed by atoms with Gasteiger partial charge in [0.05, 0.1) is 29.8 Å². The Morgan fingerprint density at radius 1 is 1.00 bits per heavy atom. The second-order valence-corrected chi connectivity index (χ2v) is 11.6. The molecule has 1 amide bonds. The lowest BCUT2D eigenvalue weighted by atomic mass is 9.82. The van der Waals surface area contributed by atoms with Crippen molar-refractivity contribution in [2.75, 3.05) is 19.7 Å². The minimum atomic E-state index is -1.06. The number of amides is 1. The van der Waals surface area contributed by atoms with Gasteiger partial charge in [-0.25, -0.2) is 4.79 Å². The lowest BCUT2D eigenvalue weighted by Crippen LogP contribution is -2.52. The van der Waals surface area contributed by atoms with Crippen molar-refractivity contribution in [3.63, 3.8) is 0 Å². The highest BCUT2D eigenvalue weighted by molar-refractivity contribution is 6.03. The molecule has 1 saturated heterocycles. The van der Waals surface area contributed by atoms with Gasteiger partial charge in [0.1, 0.15) is 17.1 Å². The van der Waals surface area contributed by atoms with Crippen molar-refractivity contribution < 1.29 is 29.0 Å². The Hall–Kier alpha value is -4.79. The molecule has 232 valence electrons. The predicted molar refractivity (Wildman–Crippen MR) is 170 cm³/mol. The topological polar surface area (TPSA) is 119 Å². The smallest absolute Gasteiger partial charge is 0.337 e. The summed E-state index contributed by atoms with van der Waals surface area (Å²) in [4.78, 5) is 49.0. The second kappa shape index (κ2) is 12.3. The van der Waals surface area contributed by atoms with Crippen molar-refractivity contribution in [3.8, 4) is 22.6 Å². The monoisotopic (exact) mass is 607 g/mol. The average molecular weight is 608 g/mol. The van der Waals surface area contributed by atoms with Gasteiger partial charge in [0.2, 0.25) is 0 Å². The molecule has 2 aromatic carbocycles. The summed E-state index contributed by atoms with van der Waals surface area (Å²) in [6.07, 6.45) is 8.21. The Bertz CT molecular complexity index is 1790. The van der Waals surface area contributed by atoms with E-state index in [0.29, 0.717) is 72.2 Å². The molecule has 45 heavy (non-hydrogen) atoms. The van der Waals surface area contributed by atoms with Gasteiger partial charge >= 0.3 is 5.97 Å². The van der Waals surface area contributed by atoms with E-state index in [9.17, 15) is 19.5 Å².